The molecule has 1 aliphatic rings. The lowest BCUT2D eigenvalue weighted by molar-refractivity contribution is -0.143. The van der Waals surface area contributed by atoms with Gasteiger partial charge in [-0.15, -0.1) is 0 Å². The van der Waals surface area contributed by atoms with Crippen LogP contribution in [0.5, 0.6) is 0 Å². The summed E-state index contributed by atoms with van der Waals surface area (Å²) in [7, 11) is 0. The third-order valence-corrected chi connectivity index (χ3v) is 4.41. The van der Waals surface area contributed by atoms with Gasteiger partial charge in [0.05, 0.1) is 18.2 Å². The summed E-state index contributed by atoms with van der Waals surface area (Å²) in [5.41, 5.74) is 1.14. The van der Waals surface area contributed by atoms with E-state index in [1.165, 1.54) is 13.0 Å². The fraction of sp³-hybridized carbons (Fsp3) is 0.600. The SMILES string of the molecule is C=C/C(C)=C/C[C@@H]1O[C@H](C)C(NC(=O)/C=C\[C@H](C)OC(C)=O)C[C@@H]1C. The maximum Gasteiger partial charge on any atom is 0.303 e. The Hall–Kier alpha value is -1.88. The molecule has 0 bridgehead atoms. The summed E-state index contributed by atoms with van der Waals surface area (Å²) in [6, 6.07) is -0.0306. The van der Waals surface area contributed by atoms with Crippen LogP contribution in [0.4, 0.5) is 0 Å². The van der Waals surface area contributed by atoms with E-state index in [2.05, 4.69) is 24.9 Å². The Balaban J connectivity index is 2.53. The predicted molar refractivity (Wildman–Crippen MR) is 99.0 cm³/mol. The van der Waals surface area contributed by atoms with Crippen LogP contribution in [0, 0.1) is 5.92 Å². The van der Waals surface area contributed by atoms with Crippen molar-refractivity contribution in [3.63, 3.8) is 0 Å². The summed E-state index contributed by atoms with van der Waals surface area (Å²) in [4.78, 5) is 22.9. The number of hydrogen-bond acceptors (Lipinski definition) is 4. The molecule has 0 aromatic carbocycles. The van der Waals surface area contributed by atoms with Crippen molar-refractivity contribution in [3.05, 3.63) is 36.5 Å². The minimum atomic E-state index is -0.425. The van der Waals surface area contributed by atoms with E-state index in [4.69, 9.17) is 9.47 Å². The molecule has 0 aromatic rings. The van der Waals surface area contributed by atoms with E-state index in [9.17, 15) is 9.59 Å². The first kappa shape index (κ1) is 21.2. The van der Waals surface area contributed by atoms with Crippen molar-refractivity contribution in [3.8, 4) is 0 Å². The van der Waals surface area contributed by atoms with E-state index in [0.29, 0.717) is 5.92 Å². The van der Waals surface area contributed by atoms with Crippen molar-refractivity contribution in [1.82, 2.24) is 5.32 Å². The molecule has 5 nitrogen and oxygen atoms in total. The van der Waals surface area contributed by atoms with Gasteiger partial charge in [0.1, 0.15) is 6.10 Å². The van der Waals surface area contributed by atoms with Crippen molar-refractivity contribution >= 4 is 11.9 Å². The molecule has 1 N–H and O–H groups in total. The summed E-state index contributed by atoms with van der Waals surface area (Å²) < 4.78 is 11.1. The fourth-order valence-corrected chi connectivity index (χ4v) is 2.85. The minimum Gasteiger partial charge on any atom is -0.459 e. The third kappa shape index (κ3) is 7.69. The molecule has 5 atom stereocenters. The van der Waals surface area contributed by atoms with Crippen LogP contribution >= 0.6 is 0 Å². The molecule has 1 unspecified atom stereocenters. The molecule has 0 aliphatic carbocycles. The lowest BCUT2D eigenvalue weighted by Crippen LogP contribution is -2.50. The molecule has 1 amide bonds. The maximum atomic E-state index is 12.1. The summed E-state index contributed by atoms with van der Waals surface area (Å²) in [6.07, 6.45) is 8.34. The van der Waals surface area contributed by atoms with Crippen LogP contribution < -0.4 is 5.32 Å². The van der Waals surface area contributed by atoms with Gasteiger partial charge in [-0.2, -0.15) is 0 Å². The van der Waals surface area contributed by atoms with Gasteiger partial charge in [0.2, 0.25) is 5.91 Å². The quantitative estimate of drug-likeness (QED) is 0.435. The molecule has 140 valence electrons. The molecule has 0 radical (unpaired) electrons. The lowest BCUT2D eigenvalue weighted by atomic mass is 9.88. The Morgan fingerprint density at radius 1 is 1.36 bits per heavy atom. The van der Waals surface area contributed by atoms with Crippen LogP contribution in [-0.4, -0.2) is 36.2 Å². The lowest BCUT2D eigenvalue weighted by Gasteiger charge is -2.39. The monoisotopic (exact) mass is 349 g/mol. The van der Waals surface area contributed by atoms with Crippen LogP contribution in [0.3, 0.4) is 0 Å². The second-order valence-electron chi connectivity index (χ2n) is 6.77. The number of esters is 1. The highest BCUT2D eigenvalue weighted by molar-refractivity contribution is 5.87. The number of allylic oxidation sites excluding steroid dienone is 2. The summed E-state index contributed by atoms with van der Waals surface area (Å²) in [5.74, 6) is -0.223. The zero-order chi connectivity index (χ0) is 19.0. The smallest absolute Gasteiger partial charge is 0.303 e. The first-order valence-corrected chi connectivity index (χ1v) is 8.83. The highest BCUT2D eigenvalue weighted by Gasteiger charge is 2.33. The molecule has 1 heterocycles. The molecular formula is C20H31NO4. The molecule has 1 saturated heterocycles. The van der Waals surface area contributed by atoms with Gasteiger partial charge in [-0.25, -0.2) is 0 Å². The minimum absolute atomic E-state index is 0.0306. The van der Waals surface area contributed by atoms with E-state index in [0.717, 1.165) is 18.4 Å². The van der Waals surface area contributed by atoms with Crippen LogP contribution in [0.25, 0.3) is 0 Å². The predicted octanol–water partition coefficient (Wildman–Crippen LogP) is 3.31. The Bertz CT molecular complexity index is 538. The largest absolute Gasteiger partial charge is 0.459 e. The second kappa shape index (κ2) is 10.2. The van der Waals surface area contributed by atoms with Gasteiger partial charge in [0.25, 0.3) is 0 Å². The van der Waals surface area contributed by atoms with Gasteiger partial charge in [-0.3, -0.25) is 9.59 Å². The van der Waals surface area contributed by atoms with Crippen molar-refractivity contribution < 1.29 is 19.1 Å². The Kier molecular flexibility index (Phi) is 8.62. The maximum absolute atomic E-state index is 12.1. The van der Waals surface area contributed by atoms with Crippen LogP contribution in [0.1, 0.15) is 47.5 Å². The Morgan fingerprint density at radius 2 is 2.04 bits per heavy atom. The van der Waals surface area contributed by atoms with Gasteiger partial charge in [-0.1, -0.05) is 31.2 Å². The number of hydrogen-bond donors (Lipinski definition) is 1. The van der Waals surface area contributed by atoms with Crippen LogP contribution in [0.15, 0.2) is 36.5 Å². The molecule has 1 fully saturated rings. The van der Waals surface area contributed by atoms with Crippen molar-refractivity contribution in [2.24, 2.45) is 5.92 Å². The molecule has 25 heavy (non-hydrogen) atoms. The number of rotatable bonds is 7. The van der Waals surface area contributed by atoms with Gasteiger partial charge in [0.15, 0.2) is 0 Å². The summed E-state index contributed by atoms with van der Waals surface area (Å²) >= 11 is 0. The molecule has 0 saturated carbocycles. The average Bonchev–Trinajstić information content (AvgIpc) is 2.53. The Morgan fingerprint density at radius 3 is 2.64 bits per heavy atom. The van der Waals surface area contributed by atoms with Gasteiger partial charge in [0, 0.05) is 13.0 Å². The van der Waals surface area contributed by atoms with Gasteiger partial charge < -0.3 is 14.8 Å². The number of amides is 1. The topological polar surface area (TPSA) is 64.6 Å². The van der Waals surface area contributed by atoms with Crippen molar-refractivity contribution in [2.45, 2.75) is 71.8 Å². The van der Waals surface area contributed by atoms with Crippen molar-refractivity contribution in [2.75, 3.05) is 0 Å². The molecule has 1 aliphatic heterocycles. The zero-order valence-electron chi connectivity index (χ0n) is 16.0. The van der Waals surface area contributed by atoms with E-state index in [1.54, 1.807) is 13.0 Å². The number of carbonyl (C=O) groups is 2. The second-order valence-corrected chi connectivity index (χ2v) is 6.77. The fourth-order valence-electron chi connectivity index (χ4n) is 2.85. The normalized spacial score (nSPS) is 28.4. The van der Waals surface area contributed by atoms with E-state index in [1.807, 2.05) is 19.9 Å². The van der Waals surface area contributed by atoms with E-state index >= 15 is 0 Å². The first-order chi connectivity index (χ1) is 11.7. The number of carbonyl (C=O) groups excluding carboxylic acids is 2. The average molecular weight is 349 g/mol. The molecule has 1 rings (SSSR count). The third-order valence-electron chi connectivity index (χ3n) is 4.41. The molecule has 5 heteroatoms. The zero-order valence-corrected chi connectivity index (χ0v) is 16.0. The number of ether oxygens (including phenoxy) is 2. The molecule has 0 spiro atoms. The molecular weight excluding hydrogens is 318 g/mol. The molecule has 0 aromatic heterocycles. The Labute approximate surface area is 151 Å². The summed E-state index contributed by atoms with van der Waals surface area (Å²) in [6.45, 7) is 13.0. The van der Waals surface area contributed by atoms with Gasteiger partial charge >= 0.3 is 5.97 Å². The van der Waals surface area contributed by atoms with E-state index in [-0.39, 0.29) is 30.1 Å². The first-order valence-electron chi connectivity index (χ1n) is 8.83. The highest BCUT2D eigenvalue weighted by Crippen LogP contribution is 2.27. The summed E-state index contributed by atoms with van der Waals surface area (Å²) in [5, 5.41) is 2.98. The highest BCUT2D eigenvalue weighted by atomic mass is 16.5. The van der Waals surface area contributed by atoms with E-state index < -0.39 is 6.10 Å². The van der Waals surface area contributed by atoms with Crippen molar-refractivity contribution in [1.29, 1.82) is 0 Å². The van der Waals surface area contributed by atoms with Crippen LogP contribution in [0.2, 0.25) is 0 Å². The number of nitrogens with one attached hydrogen (secondary N) is 1. The van der Waals surface area contributed by atoms with Crippen LogP contribution in [-0.2, 0) is 19.1 Å². The van der Waals surface area contributed by atoms with Gasteiger partial charge in [-0.05, 0) is 45.6 Å². The standard InChI is InChI=1S/C20H31NO4/c1-7-13(2)8-10-19-14(3)12-18(16(5)25-19)21-20(23)11-9-15(4)24-17(6)22/h7-9,11,14-16,18-19H,1,10,12H2,2-6H3,(H,21,23)/b11-9-,13-8+/t14-,15-,16+,18?,19-/m0/s1.